The topological polar surface area (TPSA) is 51.5 Å². The summed E-state index contributed by atoms with van der Waals surface area (Å²) in [6.45, 7) is 3.57. The molecule has 0 spiro atoms. The fraction of sp³-hybridized carbons (Fsp3) is 0.250. The first-order chi connectivity index (χ1) is 10.3. The summed E-state index contributed by atoms with van der Waals surface area (Å²) in [5.41, 5.74) is 4.37. The number of pyridine rings is 2. The zero-order chi connectivity index (χ0) is 14.7. The van der Waals surface area contributed by atoms with Gasteiger partial charge in [-0.05, 0) is 30.7 Å². The van der Waals surface area contributed by atoms with Gasteiger partial charge in [-0.1, -0.05) is 6.07 Å². The van der Waals surface area contributed by atoms with Crippen molar-refractivity contribution in [2.24, 2.45) is 0 Å². The quantitative estimate of drug-likeness (QED) is 0.780. The van der Waals surface area contributed by atoms with Crippen LogP contribution in [0.25, 0.3) is 5.65 Å². The summed E-state index contributed by atoms with van der Waals surface area (Å²) >= 11 is 0. The molecule has 0 aliphatic heterocycles. The Balaban J connectivity index is 1.70. The third-order valence-electron chi connectivity index (χ3n) is 3.46. The lowest BCUT2D eigenvalue weighted by Crippen LogP contribution is -2.15. The summed E-state index contributed by atoms with van der Waals surface area (Å²) in [6, 6.07) is 9.96. The number of ether oxygens (including phenoxy) is 1. The Bertz CT molecular complexity index is 751. The summed E-state index contributed by atoms with van der Waals surface area (Å²) in [7, 11) is 1.63. The zero-order valence-electron chi connectivity index (χ0n) is 12.2. The molecule has 0 saturated carbocycles. The van der Waals surface area contributed by atoms with Crippen LogP contribution in [0.2, 0.25) is 0 Å². The van der Waals surface area contributed by atoms with E-state index in [1.165, 1.54) is 5.69 Å². The molecular formula is C16H18N4O. The first-order valence-electron chi connectivity index (χ1n) is 6.90. The first kappa shape index (κ1) is 13.6. The van der Waals surface area contributed by atoms with E-state index in [-0.39, 0.29) is 0 Å². The van der Waals surface area contributed by atoms with Gasteiger partial charge in [-0.2, -0.15) is 0 Å². The van der Waals surface area contributed by atoms with Crippen LogP contribution in [0.5, 0.6) is 5.88 Å². The van der Waals surface area contributed by atoms with Crippen molar-refractivity contribution < 1.29 is 4.74 Å². The molecule has 0 radical (unpaired) electrons. The van der Waals surface area contributed by atoms with E-state index in [2.05, 4.69) is 19.7 Å². The largest absolute Gasteiger partial charge is 0.481 e. The second-order valence-electron chi connectivity index (χ2n) is 4.88. The molecule has 0 aromatic carbocycles. The summed E-state index contributed by atoms with van der Waals surface area (Å²) < 4.78 is 7.25. The molecule has 3 rings (SSSR count). The van der Waals surface area contributed by atoms with Crippen molar-refractivity contribution >= 4 is 5.65 Å². The Kier molecular flexibility index (Phi) is 3.83. The summed E-state index contributed by atoms with van der Waals surface area (Å²) in [4.78, 5) is 8.67. The van der Waals surface area contributed by atoms with E-state index in [1.54, 1.807) is 13.3 Å². The lowest BCUT2D eigenvalue weighted by atomic mass is 10.2. The number of fused-ring (bicyclic) bond motifs is 1. The number of methoxy groups -OCH3 is 1. The Morgan fingerprint density at radius 2 is 2.14 bits per heavy atom. The van der Waals surface area contributed by atoms with Crippen LogP contribution in [0.4, 0.5) is 0 Å². The zero-order valence-corrected chi connectivity index (χ0v) is 12.2. The van der Waals surface area contributed by atoms with Crippen LogP contribution in [-0.4, -0.2) is 21.5 Å². The summed E-state index contributed by atoms with van der Waals surface area (Å²) in [5.74, 6) is 0.639. The fourth-order valence-corrected chi connectivity index (χ4v) is 2.37. The third kappa shape index (κ3) is 2.87. The van der Waals surface area contributed by atoms with E-state index in [9.17, 15) is 0 Å². The fourth-order valence-electron chi connectivity index (χ4n) is 2.37. The van der Waals surface area contributed by atoms with E-state index >= 15 is 0 Å². The molecule has 0 aliphatic rings. The Morgan fingerprint density at radius 1 is 1.24 bits per heavy atom. The molecule has 0 bridgehead atoms. The molecule has 0 fully saturated rings. The number of nitrogens with zero attached hydrogens (tertiary/aromatic N) is 3. The van der Waals surface area contributed by atoms with Crippen molar-refractivity contribution in [1.29, 1.82) is 0 Å². The van der Waals surface area contributed by atoms with Gasteiger partial charge in [0.25, 0.3) is 0 Å². The molecule has 108 valence electrons. The van der Waals surface area contributed by atoms with Gasteiger partial charge in [0.2, 0.25) is 5.88 Å². The van der Waals surface area contributed by atoms with Gasteiger partial charge in [0, 0.05) is 31.5 Å². The van der Waals surface area contributed by atoms with Gasteiger partial charge < -0.3 is 14.5 Å². The molecule has 3 aromatic heterocycles. The SMILES string of the molecule is COc1cc(CNCc2c(C)nc3ccccn23)ccn1. The lowest BCUT2D eigenvalue weighted by molar-refractivity contribution is 0.397. The van der Waals surface area contributed by atoms with Crippen molar-refractivity contribution in [1.82, 2.24) is 19.7 Å². The molecule has 0 amide bonds. The molecule has 0 saturated heterocycles. The highest BCUT2D eigenvalue weighted by Crippen LogP contribution is 2.12. The number of nitrogens with one attached hydrogen (secondary N) is 1. The van der Waals surface area contributed by atoms with Gasteiger partial charge in [-0.3, -0.25) is 0 Å². The smallest absolute Gasteiger partial charge is 0.213 e. The van der Waals surface area contributed by atoms with Crippen molar-refractivity contribution in [3.05, 3.63) is 59.7 Å². The normalized spacial score (nSPS) is 11.0. The minimum atomic E-state index is 0.639. The van der Waals surface area contributed by atoms with E-state index in [0.717, 1.165) is 30.0 Å². The molecule has 3 aromatic rings. The summed E-state index contributed by atoms with van der Waals surface area (Å²) in [6.07, 6.45) is 3.80. The van der Waals surface area contributed by atoms with Crippen LogP contribution in [0, 0.1) is 6.92 Å². The van der Waals surface area contributed by atoms with Crippen molar-refractivity contribution in [3.63, 3.8) is 0 Å². The minimum absolute atomic E-state index is 0.639. The summed E-state index contributed by atoms with van der Waals surface area (Å²) in [5, 5.41) is 3.44. The van der Waals surface area contributed by atoms with Crippen LogP contribution in [-0.2, 0) is 13.1 Å². The molecule has 0 aliphatic carbocycles. The van der Waals surface area contributed by atoms with Gasteiger partial charge in [0.1, 0.15) is 5.65 Å². The Labute approximate surface area is 123 Å². The number of rotatable bonds is 5. The van der Waals surface area contributed by atoms with Crippen LogP contribution >= 0.6 is 0 Å². The number of aromatic nitrogens is 3. The van der Waals surface area contributed by atoms with E-state index < -0.39 is 0 Å². The molecule has 0 atom stereocenters. The first-order valence-corrected chi connectivity index (χ1v) is 6.90. The average Bonchev–Trinajstić information content (AvgIpc) is 2.83. The second-order valence-corrected chi connectivity index (χ2v) is 4.88. The van der Waals surface area contributed by atoms with Gasteiger partial charge >= 0.3 is 0 Å². The highest BCUT2D eigenvalue weighted by Gasteiger charge is 2.07. The number of hydrogen-bond donors (Lipinski definition) is 1. The standard InChI is InChI=1S/C16H18N4O/c1-12-14(20-8-4-3-5-15(20)19-12)11-17-10-13-6-7-18-16(9-13)21-2/h3-9,17H,10-11H2,1-2H3. The molecule has 0 unspecified atom stereocenters. The average molecular weight is 282 g/mol. The van der Waals surface area contributed by atoms with E-state index in [0.29, 0.717) is 5.88 Å². The predicted molar refractivity (Wildman–Crippen MR) is 81.3 cm³/mol. The van der Waals surface area contributed by atoms with Crippen molar-refractivity contribution in [2.45, 2.75) is 20.0 Å². The minimum Gasteiger partial charge on any atom is -0.481 e. The lowest BCUT2D eigenvalue weighted by Gasteiger charge is -2.07. The molecule has 3 heterocycles. The van der Waals surface area contributed by atoms with E-state index in [1.807, 2.05) is 43.5 Å². The number of aryl methyl sites for hydroxylation is 1. The maximum absolute atomic E-state index is 5.13. The van der Waals surface area contributed by atoms with Crippen LogP contribution in [0.15, 0.2) is 42.7 Å². The van der Waals surface area contributed by atoms with Gasteiger partial charge in [-0.15, -0.1) is 0 Å². The van der Waals surface area contributed by atoms with Crippen LogP contribution < -0.4 is 10.1 Å². The molecule has 1 N–H and O–H groups in total. The number of imidazole rings is 1. The highest BCUT2D eigenvalue weighted by molar-refractivity contribution is 5.42. The maximum Gasteiger partial charge on any atom is 0.213 e. The second kappa shape index (κ2) is 5.93. The van der Waals surface area contributed by atoms with Crippen molar-refractivity contribution in [3.8, 4) is 5.88 Å². The van der Waals surface area contributed by atoms with E-state index in [4.69, 9.17) is 4.74 Å². The highest BCUT2D eigenvalue weighted by atomic mass is 16.5. The maximum atomic E-state index is 5.13. The van der Waals surface area contributed by atoms with Gasteiger partial charge in [0.05, 0.1) is 18.5 Å². The van der Waals surface area contributed by atoms with Crippen molar-refractivity contribution in [2.75, 3.05) is 7.11 Å². The Hall–Kier alpha value is -2.40. The van der Waals surface area contributed by atoms with Crippen LogP contribution in [0.3, 0.4) is 0 Å². The predicted octanol–water partition coefficient (Wildman–Crippen LogP) is 2.34. The molecule has 5 heteroatoms. The molecule has 5 nitrogen and oxygen atoms in total. The molecule has 21 heavy (non-hydrogen) atoms. The monoisotopic (exact) mass is 282 g/mol. The Morgan fingerprint density at radius 3 is 3.00 bits per heavy atom. The van der Waals surface area contributed by atoms with Gasteiger partial charge in [0.15, 0.2) is 0 Å². The van der Waals surface area contributed by atoms with Gasteiger partial charge in [-0.25, -0.2) is 9.97 Å². The van der Waals surface area contributed by atoms with Crippen LogP contribution in [0.1, 0.15) is 17.0 Å². The number of hydrogen-bond acceptors (Lipinski definition) is 4. The molecular weight excluding hydrogens is 264 g/mol. The third-order valence-corrected chi connectivity index (χ3v) is 3.46.